The number of thioether (sulfide) groups is 1. The highest BCUT2D eigenvalue weighted by molar-refractivity contribution is 8.26. The summed E-state index contributed by atoms with van der Waals surface area (Å²) in [6, 6.07) is 5.24. The monoisotopic (exact) mass is 317 g/mol. The predicted octanol–water partition coefficient (Wildman–Crippen LogP) is 4.21. The number of rotatable bonds is 2. The van der Waals surface area contributed by atoms with E-state index in [9.17, 15) is 4.79 Å². The molecule has 2 rings (SSSR count). The molecule has 1 aliphatic rings. The van der Waals surface area contributed by atoms with E-state index < -0.39 is 0 Å². The topological polar surface area (TPSA) is 20.3 Å². The summed E-state index contributed by atoms with van der Waals surface area (Å²) in [6.07, 6.45) is 1.77. The molecule has 94 valence electrons. The zero-order valence-electron chi connectivity index (χ0n) is 9.44. The van der Waals surface area contributed by atoms with Crippen LogP contribution in [-0.4, -0.2) is 21.7 Å². The molecule has 1 aliphatic heterocycles. The van der Waals surface area contributed by atoms with Crippen LogP contribution in [0, 0.1) is 0 Å². The lowest BCUT2D eigenvalue weighted by molar-refractivity contribution is -0.121. The Balaban J connectivity index is 2.32. The van der Waals surface area contributed by atoms with Gasteiger partial charge in [0.25, 0.3) is 5.91 Å². The highest BCUT2D eigenvalue weighted by Gasteiger charge is 2.30. The van der Waals surface area contributed by atoms with Gasteiger partial charge in [-0.1, -0.05) is 53.2 Å². The molecule has 0 saturated carbocycles. The first kappa shape index (κ1) is 13.9. The van der Waals surface area contributed by atoms with Gasteiger partial charge in [0.15, 0.2) is 0 Å². The van der Waals surface area contributed by atoms with Gasteiger partial charge >= 0.3 is 0 Å². The summed E-state index contributed by atoms with van der Waals surface area (Å²) in [6.45, 7) is 2.48. The Kier molecular flexibility index (Phi) is 4.33. The Labute approximate surface area is 125 Å². The standard InChI is InChI=1S/C12H9Cl2NOS2/c1-2-15-11(16)10(18-12(15)17)6-7-3-4-8(13)9(14)5-7/h3-6H,2H2,1H3/b10-6-. The maximum atomic E-state index is 12.0. The van der Waals surface area contributed by atoms with Crippen LogP contribution in [0.2, 0.25) is 10.0 Å². The Bertz CT molecular complexity index is 557. The molecule has 0 N–H and O–H groups in total. The van der Waals surface area contributed by atoms with E-state index in [-0.39, 0.29) is 5.91 Å². The van der Waals surface area contributed by atoms with Crippen LogP contribution in [0.1, 0.15) is 12.5 Å². The Morgan fingerprint density at radius 2 is 2.11 bits per heavy atom. The van der Waals surface area contributed by atoms with Crippen molar-refractivity contribution in [3.63, 3.8) is 0 Å². The maximum Gasteiger partial charge on any atom is 0.266 e. The van der Waals surface area contributed by atoms with Crippen molar-refractivity contribution in [3.8, 4) is 0 Å². The molecule has 1 fully saturated rings. The van der Waals surface area contributed by atoms with Crippen LogP contribution in [0.25, 0.3) is 6.08 Å². The summed E-state index contributed by atoms with van der Waals surface area (Å²) < 4.78 is 0.591. The fourth-order valence-electron chi connectivity index (χ4n) is 1.53. The van der Waals surface area contributed by atoms with Crippen molar-refractivity contribution < 1.29 is 4.79 Å². The smallest absolute Gasteiger partial charge is 0.266 e. The largest absolute Gasteiger partial charge is 0.293 e. The van der Waals surface area contributed by atoms with Crippen molar-refractivity contribution in [2.45, 2.75) is 6.92 Å². The van der Waals surface area contributed by atoms with Crippen LogP contribution >= 0.6 is 47.2 Å². The first-order valence-electron chi connectivity index (χ1n) is 5.23. The summed E-state index contributed by atoms with van der Waals surface area (Å²) in [7, 11) is 0. The molecule has 1 aromatic carbocycles. The van der Waals surface area contributed by atoms with E-state index in [2.05, 4.69) is 0 Å². The van der Waals surface area contributed by atoms with Crippen molar-refractivity contribution >= 4 is 63.5 Å². The van der Waals surface area contributed by atoms with Crippen LogP contribution in [0.15, 0.2) is 23.1 Å². The molecular weight excluding hydrogens is 309 g/mol. The van der Waals surface area contributed by atoms with E-state index in [0.717, 1.165) is 5.56 Å². The number of hydrogen-bond acceptors (Lipinski definition) is 3. The molecule has 0 bridgehead atoms. The minimum Gasteiger partial charge on any atom is -0.293 e. The van der Waals surface area contributed by atoms with Gasteiger partial charge in [0.2, 0.25) is 0 Å². The third-order valence-electron chi connectivity index (χ3n) is 2.43. The quantitative estimate of drug-likeness (QED) is 0.602. The van der Waals surface area contributed by atoms with Gasteiger partial charge in [0.1, 0.15) is 4.32 Å². The number of amides is 1. The average Bonchev–Trinajstić information content (AvgIpc) is 2.59. The number of likely N-dealkylation sites (N-methyl/N-ethyl adjacent to an activating group) is 1. The molecule has 1 amide bonds. The number of carbonyl (C=O) groups excluding carboxylic acids is 1. The maximum absolute atomic E-state index is 12.0. The van der Waals surface area contributed by atoms with Crippen molar-refractivity contribution in [1.82, 2.24) is 4.90 Å². The number of hydrogen-bond donors (Lipinski definition) is 0. The van der Waals surface area contributed by atoms with Gasteiger partial charge in [0.05, 0.1) is 15.0 Å². The number of halogens is 2. The molecule has 0 unspecified atom stereocenters. The molecule has 0 radical (unpaired) electrons. The van der Waals surface area contributed by atoms with E-state index >= 15 is 0 Å². The van der Waals surface area contributed by atoms with Crippen molar-refractivity contribution in [3.05, 3.63) is 38.7 Å². The van der Waals surface area contributed by atoms with E-state index in [1.54, 1.807) is 23.1 Å². The summed E-state index contributed by atoms with van der Waals surface area (Å²) >= 11 is 18.2. The second kappa shape index (κ2) is 5.61. The summed E-state index contributed by atoms with van der Waals surface area (Å²) in [5, 5.41) is 0.964. The van der Waals surface area contributed by atoms with Gasteiger partial charge in [-0.25, -0.2) is 0 Å². The molecule has 1 saturated heterocycles. The molecule has 18 heavy (non-hydrogen) atoms. The van der Waals surface area contributed by atoms with Crippen LogP contribution in [0.5, 0.6) is 0 Å². The number of nitrogens with zero attached hydrogens (tertiary/aromatic N) is 1. The summed E-state index contributed by atoms with van der Waals surface area (Å²) in [5.41, 5.74) is 0.834. The zero-order chi connectivity index (χ0) is 13.3. The lowest BCUT2D eigenvalue weighted by Gasteiger charge is -2.09. The van der Waals surface area contributed by atoms with E-state index in [1.807, 2.05) is 13.0 Å². The summed E-state index contributed by atoms with van der Waals surface area (Å²) in [5.74, 6) is -0.0569. The fraction of sp³-hybridized carbons (Fsp3) is 0.167. The van der Waals surface area contributed by atoms with Crippen molar-refractivity contribution in [1.29, 1.82) is 0 Å². The lowest BCUT2D eigenvalue weighted by atomic mass is 10.2. The molecule has 0 spiro atoms. The molecule has 2 nitrogen and oxygen atoms in total. The van der Waals surface area contributed by atoms with Crippen molar-refractivity contribution in [2.24, 2.45) is 0 Å². The van der Waals surface area contributed by atoms with E-state index in [4.69, 9.17) is 35.4 Å². The zero-order valence-corrected chi connectivity index (χ0v) is 12.6. The minimum absolute atomic E-state index is 0.0569. The van der Waals surface area contributed by atoms with Gasteiger partial charge in [-0.2, -0.15) is 0 Å². The first-order chi connectivity index (χ1) is 8.52. The first-order valence-corrected chi connectivity index (χ1v) is 7.21. The molecule has 6 heteroatoms. The third-order valence-corrected chi connectivity index (χ3v) is 4.55. The highest BCUT2D eigenvalue weighted by atomic mass is 35.5. The molecule has 1 heterocycles. The van der Waals surface area contributed by atoms with Gasteiger partial charge in [-0.3, -0.25) is 9.69 Å². The number of benzene rings is 1. The van der Waals surface area contributed by atoms with Crippen LogP contribution in [-0.2, 0) is 4.79 Å². The van der Waals surface area contributed by atoms with Gasteiger partial charge in [-0.05, 0) is 30.7 Å². The second-order valence-corrected chi connectivity index (χ2v) is 6.09. The van der Waals surface area contributed by atoms with Gasteiger partial charge in [-0.15, -0.1) is 0 Å². The van der Waals surface area contributed by atoms with E-state index in [0.29, 0.717) is 25.8 Å². The number of thiocarbonyl (C=S) groups is 1. The predicted molar refractivity (Wildman–Crippen MR) is 82.0 cm³/mol. The van der Waals surface area contributed by atoms with E-state index in [1.165, 1.54) is 11.8 Å². The normalized spacial score (nSPS) is 17.9. The molecule has 0 aliphatic carbocycles. The molecular formula is C12H9Cl2NOS2. The van der Waals surface area contributed by atoms with Crippen molar-refractivity contribution in [2.75, 3.05) is 6.54 Å². The minimum atomic E-state index is -0.0569. The second-order valence-electron chi connectivity index (χ2n) is 3.60. The fourth-order valence-corrected chi connectivity index (χ4v) is 3.22. The molecule has 0 aromatic heterocycles. The summed E-state index contributed by atoms with van der Waals surface area (Å²) in [4.78, 5) is 14.2. The van der Waals surface area contributed by atoms with Crippen LogP contribution in [0.4, 0.5) is 0 Å². The lowest BCUT2D eigenvalue weighted by Crippen LogP contribution is -2.27. The molecule has 1 aromatic rings. The molecule has 0 atom stereocenters. The van der Waals surface area contributed by atoms with Crippen LogP contribution < -0.4 is 0 Å². The SMILES string of the molecule is CCN1C(=O)/C(=C/c2ccc(Cl)c(Cl)c2)SC1=S. The highest BCUT2D eigenvalue weighted by Crippen LogP contribution is 2.33. The Morgan fingerprint density at radius 1 is 1.39 bits per heavy atom. The van der Waals surface area contributed by atoms with Gasteiger partial charge < -0.3 is 0 Å². The Morgan fingerprint density at radius 3 is 2.67 bits per heavy atom. The number of carbonyl (C=O) groups is 1. The van der Waals surface area contributed by atoms with Gasteiger partial charge in [0, 0.05) is 6.54 Å². The Hall–Kier alpha value is -0.550. The average molecular weight is 318 g/mol. The third kappa shape index (κ3) is 2.72. The van der Waals surface area contributed by atoms with Crippen LogP contribution in [0.3, 0.4) is 0 Å².